The molecule has 110 valence electrons. The maximum absolute atomic E-state index is 12.2. The first kappa shape index (κ1) is 15.3. The molecule has 0 aromatic heterocycles. The van der Waals surface area contributed by atoms with E-state index < -0.39 is 0 Å². The van der Waals surface area contributed by atoms with Gasteiger partial charge in [-0.3, -0.25) is 0 Å². The summed E-state index contributed by atoms with van der Waals surface area (Å²) in [5.41, 5.74) is 5.13. The van der Waals surface area contributed by atoms with Crippen LogP contribution >= 0.6 is 0 Å². The second-order valence-corrected chi connectivity index (χ2v) is 5.51. The zero-order chi connectivity index (χ0) is 15.4. The summed E-state index contributed by atoms with van der Waals surface area (Å²) in [6.45, 7) is 8.62. The molecule has 0 saturated carbocycles. The molecule has 2 aromatic rings. The molecule has 0 N–H and O–H groups in total. The molecule has 0 fully saturated rings. The molecule has 0 unspecified atom stereocenters. The van der Waals surface area contributed by atoms with Gasteiger partial charge >= 0.3 is 5.97 Å². The van der Waals surface area contributed by atoms with Gasteiger partial charge < -0.3 is 4.74 Å². The summed E-state index contributed by atoms with van der Waals surface area (Å²) in [6.07, 6.45) is 0. The summed E-state index contributed by atoms with van der Waals surface area (Å²) in [5.74, 6) is 0.139. The lowest BCUT2D eigenvalue weighted by Gasteiger charge is -2.16. The van der Waals surface area contributed by atoms with E-state index >= 15 is 0 Å². The van der Waals surface area contributed by atoms with E-state index in [1.807, 2.05) is 31.2 Å². The first-order valence-electron chi connectivity index (χ1n) is 7.41. The highest BCUT2D eigenvalue weighted by Gasteiger charge is 2.16. The third kappa shape index (κ3) is 3.33. The van der Waals surface area contributed by atoms with Gasteiger partial charge in [-0.25, -0.2) is 4.79 Å². The summed E-state index contributed by atoms with van der Waals surface area (Å²) < 4.78 is 5.18. The Bertz CT molecular complexity index is 642. The fourth-order valence-electron chi connectivity index (χ4n) is 2.51. The zero-order valence-corrected chi connectivity index (χ0v) is 13.1. The third-order valence-electron chi connectivity index (χ3n) is 3.54. The predicted octanol–water partition coefficient (Wildman–Crippen LogP) is 4.96. The third-order valence-corrected chi connectivity index (χ3v) is 3.54. The lowest BCUT2D eigenvalue weighted by Crippen LogP contribution is -2.07. The van der Waals surface area contributed by atoms with Crippen molar-refractivity contribution in [2.24, 2.45) is 0 Å². The highest BCUT2D eigenvalue weighted by Crippen LogP contribution is 2.32. The molecule has 0 amide bonds. The maximum atomic E-state index is 12.2. The minimum absolute atomic E-state index is 0.260. The van der Waals surface area contributed by atoms with Crippen molar-refractivity contribution in [1.29, 1.82) is 0 Å². The first-order chi connectivity index (χ1) is 10.0. The number of rotatable bonds is 4. The van der Waals surface area contributed by atoms with Gasteiger partial charge in [-0.1, -0.05) is 55.8 Å². The van der Waals surface area contributed by atoms with Crippen LogP contribution in [0.3, 0.4) is 0 Å². The number of aryl methyl sites for hydroxylation is 1. The van der Waals surface area contributed by atoms with Crippen LogP contribution in [0.25, 0.3) is 11.1 Å². The fourth-order valence-corrected chi connectivity index (χ4v) is 2.51. The van der Waals surface area contributed by atoms with Gasteiger partial charge in [-0.2, -0.15) is 0 Å². The Kier molecular flexibility index (Phi) is 4.79. The first-order valence-corrected chi connectivity index (χ1v) is 7.41. The number of hydrogen-bond acceptors (Lipinski definition) is 2. The molecule has 0 saturated heterocycles. The molecule has 0 bridgehead atoms. The molecule has 0 aliphatic carbocycles. The molecular weight excluding hydrogens is 260 g/mol. The molecule has 0 radical (unpaired) electrons. The van der Waals surface area contributed by atoms with Crippen LogP contribution in [0.5, 0.6) is 0 Å². The van der Waals surface area contributed by atoms with E-state index in [9.17, 15) is 4.79 Å². The van der Waals surface area contributed by atoms with Crippen LogP contribution in [0.4, 0.5) is 0 Å². The Morgan fingerprint density at radius 1 is 1.10 bits per heavy atom. The van der Waals surface area contributed by atoms with Crippen molar-refractivity contribution in [3.05, 3.63) is 59.2 Å². The molecule has 21 heavy (non-hydrogen) atoms. The van der Waals surface area contributed by atoms with Gasteiger partial charge in [0.2, 0.25) is 0 Å². The van der Waals surface area contributed by atoms with Crippen LogP contribution in [0.2, 0.25) is 0 Å². The van der Waals surface area contributed by atoms with Gasteiger partial charge in [0, 0.05) is 0 Å². The fraction of sp³-hybridized carbons (Fsp3) is 0.316. The molecule has 2 nitrogen and oxygen atoms in total. The second kappa shape index (κ2) is 6.57. The topological polar surface area (TPSA) is 26.3 Å². The number of benzene rings is 2. The van der Waals surface area contributed by atoms with Crippen LogP contribution in [0, 0.1) is 6.92 Å². The van der Waals surface area contributed by atoms with E-state index in [2.05, 4.69) is 39.0 Å². The van der Waals surface area contributed by atoms with Crippen molar-refractivity contribution in [2.75, 3.05) is 6.61 Å². The zero-order valence-electron chi connectivity index (χ0n) is 13.1. The average molecular weight is 282 g/mol. The molecule has 0 heterocycles. The summed E-state index contributed by atoms with van der Waals surface area (Å²) in [6, 6.07) is 14.1. The van der Waals surface area contributed by atoms with E-state index in [0.717, 1.165) is 11.1 Å². The van der Waals surface area contributed by atoms with Crippen LogP contribution in [0.15, 0.2) is 42.5 Å². The van der Waals surface area contributed by atoms with Crippen molar-refractivity contribution in [3.8, 4) is 11.1 Å². The van der Waals surface area contributed by atoms with Gasteiger partial charge in [0.25, 0.3) is 0 Å². The summed E-state index contributed by atoms with van der Waals surface area (Å²) in [4.78, 5) is 12.2. The SMILES string of the molecule is CCOC(=O)c1ccccc1-c1cc(C)ccc1C(C)C. The van der Waals surface area contributed by atoms with E-state index in [1.54, 1.807) is 0 Å². The quantitative estimate of drug-likeness (QED) is 0.741. The lowest BCUT2D eigenvalue weighted by atomic mass is 9.89. The van der Waals surface area contributed by atoms with Crippen molar-refractivity contribution in [3.63, 3.8) is 0 Å². The number of esters is 1. The van der Waals surface area contributed by atoms with Gasteiger partial charge in [0.15, 0.2) is 0 Å². The number of carbonyl (C=O) groups is 1. The number of hydrogen-bond donors (Lipinski definition) is 0. The Labute approximate surface area is 126 Å². The highest BCUT2D eigenvalue weighted by molar-refractivity contribution is 5.97. The maximum Gasteiger partial charge on any atom is 0.338 e. The molecule has 2 rings (SSSR count). The van der Waals surface area contributed by atoms with Gasteiger partial charge in [-0.05, 0) is 42.5 Å². The Hall–Kier alpha value is -2.09. The van der Waals surface area contributed by atoms with E-state index in [0.29, 0.717) is 18.1 Å². The van der Waals surface area contributed by atoms with Crippen molar-refractivity contribution in [2.45, 2.75) is 33.6 Å². The van der Waals surface area contributed by atoms with Gasteiger partial charge in [0.1, 0.15) is 0 Å². The normalized spacial score (nSPS) is 10.7. The monoisotopic (exact) mass is 282 g/mol. The smallest absolute Gasteiger partial charge is 0.338 e. The second-order valence-electron chi connectivity index (χ2n) is 5.51. The van der Waals surface area contributed by atoms with Crippen molar-refractivity contribution < 1.29 is 9.53 Å². The highest BCUT2D eigenvalue weighted by atomic mass is 16.5. The van der Waals surface area contributed by atoms with Crippen LogP contribution in [-0.2, 0) is 4.74 Å². The molecule has 0 spiro atoms. The molecule has 2 aromatic carbocycles. The Morgan fingerprint density at radius 2 is 1.81 bits per heavy atom. The van der Waals surface area contributed by atoms with Gasteiger partial charge in [-0.15, -0.1) is 0 Å². The minimum Gasteiger partial charge on any atom is -0.462 e. The number of carbonyl (C=O) groups excluding carboxylic acids is 1. The largest absolute Gasteiger partial charge is 0.462 e. The van der Waals surface area contributed by atoms with Crippen LogP contribution < -0.4 is 0 Å². The van der Waals surface area contributed by atoms with E-state index in [-0.39, 0.29) is 5.97 Å². The van der Waals surface area contributed by atoms with Gasteiger partial charge in [0.05, 0.1) is 12.2 Å². The molecule has 0 aliphatic heterocycles. The Balaban J connectivity index is 2.62. The van der Waals surface area contributed by atoms with Crippen LogP contribution in [0.1, 0.15) is 48.2 Å². The predicted molar refractivity (Wildman–Crippen MR) is 86.7 cm³/mol. The minimum atomic E-state index is -0.260. The molecule has 0 aliphatic rings. The summed E-state index contributed by atoms with van der Waals surface area (Å²) in [7, 11) is 0. The lowest BCUT2D eigenvalue weighted by molar-refractivity contribution is 0.0527. The number of ether oxygens (including phenoxy) is 1. The summed E-state index contributed by atoms with van der Waals surface area (Å²) in [5, 5.41) is 0. The molecule has 0 atom stereocenters. The summed E-state index contributed by atoms with van der Waals surface area (Å²) >= 11 is 0. The molecule has 2 heteroatoms. The van der Waals surface area contributed by atoms with Crippen molar-refractivity contribution in [1.82, 2.24) is 0 Å². The van der Waals surface area contributed by atoms with E-state index in [4.69, 9.17) is 4.74 Å². The molecular formula is C19H22O2. The van der Waals surface area contributed by atoms with E-state index in [1.165, 1.54) is 11.1 Å². The average Bonchev–Trinajstić information content (AvgIpc) is 2.47. The standard InChI is InChI=1S/C19H22O2/c1-5-21-19(20)17-9-7-6-8-16(17)18-12-14(4)10-11-15(18)13(2)3/h6-13H,5H2,1-4H3. The van der Waals surface area contributed by atoms with Crippen molar-refractivity contribution >= 4 is 5.97 Å². The van der Waals surface area contributed by atoms with Crippen LogP contribution in [-0.4, -0.2) is 12.6 Å². The Morgan fingerprint density at radius 3 is 2.48 bits per heavy atom.